The van der Waals surface area contributed by atoms with Crippen molar-refractivity contribution in [2.24, 2.45) is 0 Å². The van der Waals surface area contributed by atoms with Gasteiger partial charge in [0.1, 0.15) is 6.29 Å². The molecule has 1 aromatic carbocycles. The summed E-state index contributed by atoms with van der Waals surface area (Å²) in [4.78, 5) is 13.0. The van der Waals surface area contributed by atoms with Gasteiger partial charge in [0.05, 0.1) is 11.5 Å². The van der Waals surface area contributed by atoms with Crippen LogP contribution in [0.4, 0.5) is 0 Å². The normalized spacial score (nSPS) is 17.8. The van der Waals surface area contributed by atoms with E-state index in [9.17, 15) is 13.2 Å². The van der Waals surface area contributed by atoms with Gasteiger partial charge >= 0.3 is 0 Å². The van der Waals surface area contributed by atoms with E-state index in [-0.39, 0.29) is 4.90 Å². The van der Waals surface area contributed by atoms with Crippen molar-refractivity contribution in [2.45, 2.75) is 4.90 Å². The van der Waals surface area contributed by atoms with Crippen molar-refractivity contribution >= 4 is 16.3 Å². The van der Waals surface area contributed by atoms with E-state index in [2.05, 4.69) is 4.90 Å². The first-order chi connectivity index (χ1) is 10.1. The van der Waals surface area contributed by atoms with Gasteiger partial charge in [0.15, 0.2) is 0 Å². The molecule has 1 heterocycles. The second-order valence-corrected chi connectivity index (χ2v) is 6.86. The molecule has 1 aliphatic rings. The van der Waals surface area contributed by atoms with Gasteiger partial charge in [-0.1, -0.05) is 12.1 Å². The lowest BCUT2D eigenvalue weighted by Crippen LogP contribution is -2.49. The number of piperazine rings is 1. The van der Waals surface area contributed by atoms with Gasteiger partial charge in [-0.3, -0.25) is 9.69 Å². The van der Waals surface area contributed by atoms with Gasteiger partial charge in [-0.25, -0.2) is 8.42 Å². The van der Waals surface area contributed by atoms with Crippen LogP contribution in [0.2, 0.25) is 0 Å². The molecule has 1 aromatic rings. The Kier molecular flexibility index (Phi) is 5.46. The molecule has 2 rings (SSSR count). The topological polar surface area (TPSA) is 66.9 Å². The van der Waals surface area contributed by atoms with Crippen LogP contribution in [0.25, 0.3) is 0 Å². The molecule has 0 aromatic heterocycles. The highest BCUT2D eigenvalue weighted by molar-refractivity contribution is 7.89. The summed E-state index contributed by atoms with van der Waals surface area (Å²) in [5, 5.41) is 0. The molecular formula is C14H20N2O4S. The van der Waals surface area contributed by atoms with Crippen molar-refractivity contribution in [2.75, 3.05) is 46.4 Å². The van der Waals surface area contributed by atoms with E-state index >= 15 is 0 Å². The molecule has 6 nitrogen and oxygen atoms in total. The Bertz CT molecular complexity index is 563. The Morgan fingerprint density at radius 3 is 2.29 bits per heavy atom. The SMILES string of the molecule is COCCN1CCN(S(=O)(=O)c2ccc(C=O)cc2)CC1. The molecule has 0 unspecified atom stereocenters. The maximum atomic E-state index is 12.5. The third-order valence-electron chi connectivity index (χ3n) is 3.60. The zero-order valence-corrected chi connectivity index (χ0v) is 12.9. The first-order valence-electron chi connectivity index (χ1n) is 6.84. The number of aldehydes is 1. The molecule has 21 heavy (non-hydrogen) atoms. The van der Waals surface area contributed by atoms with Gasteiger partial charge in [0, 0.05) is 45.4 Å². The third-order valence-corrected chi connectivity index (χ3v) is 5.51. The minimum atomic E-state index is -3.47. The summed E-state index contributed by atoms with van der Waals surface area (Å²) in [5.74, 6) is 0. The largest absolute Gasteiger partial charge is 0.383 e. The first-order valence-corrected chi connectivity index (χ1v) is 8.28. The molecule has 0 N–H and O–H groups in total. The fourth-order valence-corrected chi connectivity index (χ4v) is 3.70. The standard InChI is InChI=1S/C14H20N2O4S/c1-20-11-10-15-6-8-16(9-7-15)21(18,19)14-4-2-13(12-17)3-5-14/h2-5,12H,6-11H2,1H3. The highest BCUT2D eigenvalue weighted by Crippen LogP contribution is 2.17. The molecule has 116 valence electrons. The second kappa shape index (κ2) is 7.13. The predicted octanol–water partition coefficient (Wildman–Crippen LogP) is 0.452. The Morgan fingerprint density at radius 2 is 1.76 bits per heavy atom. The van der Waals surface area contributed by atoms with E-state index in [4.69, 9.17) is 4.74 Å². The quantitative estimate of drug-likeness (QED) is 0.714. The van der Waals surface area contributed by atoms with Crippen molar-refractivity contribution in [1.82, 2.24) is 9.21 Å². The van der Waals surface area contributed by atoms with Crippen molar-refractivity contribution in [3.05, 3.63) is 29.8 Å². The summed E-state index contributed by atoms with van der Waals surface area (Å²) in [5.41, 5.74) is 0.471. The zero-order chi connectivity index (χ0) is 15.3. The molecule has 1 fully saturated rings. The number of hydrogen-bond acceptors (Lipinski definition) is 5. The van der Waals surface area contributed by atoms with Crippen molar-refractivity contribution in [3.63, 3.8) is 0 Å². The van der Waals surface area contributed by atoms with Gasteiger partial charge < -0.3 is 4.74 Å². The Hall–Kier alpha value is -1.28. The van der Waals surface area contributed by atoms with E-state index in [1.54, 1.807) is 7.11 Å². The van der Waals surface area contributed by atoms with E-state index in [1.165, 1.54) is 28.6 Å². The van der Waals surface area contributed by atoms with Crippen LogP contribution < -0.4 is 0 Å². The number of benzene rings is 1. The summed E-state index contributed by atoms with van der Waals surface area (Å²) in [6.45, 7) is 3.82. The second-order valence-electron chi connectivity index (χ2n) is 4.93. The summed E-state index contributed by atoms with van der Waals surface area (Å²) < 4.78 is 31.5. The van der Waals surface area contributed by atoms with Gasteiger partial charge in [0.25, 0.3) is 0 Å². The molecular weight excluding hydrogens is 292 g/mol. The minimum Gasteiger partial charge on any atom is -0.383 e. The van der Waals surface area contributed by atoms with Crippen LogP contribution >= 0.6 is 0 Å². The van der Waals surface area contributed by atoms with Crippen molar-refractivity contribution in [3.8, 4) is 0 Å². The number of methoxy groups -OCH3 is 1. The van der Waals surface area contributed by atoms with Gasteiger partial charge in [-0.15, -0.1) is 0 Å². The zero-order valence-electron chi connectivity index (χ0n) is 12.1. The highest BCUT2D eigenvalue weighted by atomic mass is 32.2. The van der Waals surface area contributed by atoms with Crippen LogP contribution in [0.1, 0.15) is 10.4 Å². The van der Waals surface area contributed by atoms with Crippen LogP contribution in [-0.2, 0) is 14.8 Å². The average Bonchev–Trinajstić information content (AvgIpc) is 2.53. The Balaban J connectivity index is 2.02. The number of rotatable bonds is 6. The summed E-state index contributed by atoms with van der Waals surface area (Å²) >= 11 is 0. The molecule has 0 aliphatic carbocycles. The molecule has 7 heteroatoms. The molecule has 1 saturated heterocycles. The maximum absolute atomic E-state index is 12.5. The fourth-order valence-electron chi connectivity index (χ4n) is 2.28. The van der Waals surface area contributed by atoms with Crippen LogP contribution in [0, 0.1) is 0 Å². The van der Waals surface area contributed by atoms with Crippen LogP contribution in [0.15, 0.2) is 29.2 Å². The van der Waals surface area contributed by atoms with Gasteiger partial charge in [-0.05, 0) is 12.1 Å². The molecule has 0 amide bonds. The van der Waals surface area contributed by atoms with E-state index in [0.29, 0.717) is 44.6 Å². The lowest BCUT2D eigenvalue weighted by atomic mass is 10.2. The number of nitrogens with zero attached hydrogens (tertiary/aromatic N) is 2. The smallest absolute Gasteiger partial charge is 0.243 e. The number of ether oxygens (including phenoxy) is 1. The summed E-state index contributed by atoms with van der Waals surface area (Å²) in [6.07, 6.45) is 0.699. The van der Waals surface area contributed by atoms with E-state index < -0.39 is 10.0 Å². The van der Waals surface area contributed by atoms with Crippen LogP contribution in [-0.4, -0.2) is 70.3 Å². The predicted molar refractivity (Wildman–Crippen MR) is 78.9 cm³/mol. The maximum Gasteiger partial charge on any atom is 0.243 e. The van der Waals surface area contributed by atoms with Gasteiger partial charge in [-0.2, -0.15) is 4.31 Å². The highest BCUT2D eigenvalue weighted by Gasteiger charge is 2.28. The molecule has 0 atom stereocenters. The molecule has 1 aliphatic heterocycles. The summed E-state index contributed by atoms with van der Waals surface area (Å²) in [6, 6.07) is 6.01. The minimum absolute atomic E-state index is 0.235. The van der Waals surface area contributed by atoms with E-state index in [0.717, 1.165) is 6.54 Å². The van der Waals surface area contributed by atoms with Crippen molar-refractivity contribution in [1.29, 1.82) is 0 Å². The van der Waals surface area contributed by atoms with Crippen LogP contribution in [0.5, 0.6) is 0 Å². The Labute approximate surface area is 125 Å². The molecule has 0 radical (unpaired) electrons. The fraction of sp³-hybridized carbons (Fsp3) is 0.500. The lowest BCUT2D eigenvalue weighted by Gasteiger charge is -2.33. The third kappa shape index (κ3) is 3.88. The number of sulfonamides is 1. The van der Waals surface area contributed by atoms with Crippen molar-refractivity contribution < 1.29 is 17.9 Å². The molecule has 0 spiro atoms. The van der Waals surface area contributed by atoms with E-state index in [1.807, 2.05) is 0 Å². The first kappa shape index (κ1) is 16.1. The summed E-state index contributed by atoms with van der Waals surface area (Å²) in [7, 11) is -1.82. The number of carbonyl (C=O) groups excluding carboxylic acids is 1. The number of hydrogen-bond donors (Lipinski definition) is 0. The lowest BCUT2D eigenvalue weighted by molar-refractivity contribution is 0.112. The molecule has 0 bridgehead atoms. The average molecular weight is 312 g/mol. The molecule has 0 saturated carbocycles. The Morgan fingerprint density at radius 1 is 1.14 bits per heavy atom. The van der Waals surface area contributed by atoms with Crippen LogP contribution in [0.3, 0.4) is 0 Å². The van der Waals surface area contributed by atoms with Gasteiger partial charge in [0.2, 0.25) is 10.0 Å². The monoisotopic (exact) mass is 312 g/mol. The number of carbonyl (C=O) groups is 1.